The van der Waals surface area contributed by atoms with E-state index in [9.17, 15) is 17.6 Å². The molecule has 1 saturated heterocycles. The molecule has 0 radical (unpaired) electrons. The van der Waals surface area contributed by atoms with Gasteiger partial charge in [-0.15, -0.1) is 0 Å². The van der Waals surface area contributed by atoms with Crippen LogP contribution < -0.4 is 10.1 Å². The number of sulfonamides is 1. The van der Waals surface area contributed by atoms with Gasteiger partial charge in [-0.1, -0.05) is 6.07 Å². The van der Waals surface area contributed by atoms with Gasteiger partial charge in [-0.05, 0) is 25.0 Å². The van der Waals surface area contributed by atoms with E-state index >= 15 is 0 Å². The van der Waals surface area contributed by atoms with Crippen molar-refractivity contribution in [3.8, 4) is 5.75 Å². The number of amides is 1. The van der Waals surface area contributed by atoms with Crippen molar-refractivity contribution in [2.75, 3.05) is 26.0 Å². The summed E-state index contributed by atoms with van der Waals surface area (Å²) in [5.74, 6) is -0.338. The molecule has 22 heavy (non-hydrogen) atoms. The summed E-state index contributed by atoms with van der Waals surface area (Å²) < 4.78 is 42.6. The molecule has 0 bridgehead atoms. The van der Waals surface area contributed by atoms with Gasteiger partial charge < -0.3 is 10.1 Å². The number of nitrogens with zero attached hydrogens (tertiary/aromatic N) is 1. The van der Waals surface area contributed by atoms with Crippen molar-refractivity contribution < 1.29 is 22.3 Å². The van der Waals surface area contributed by atoms with Crippen molar-refractivity contribution in [1.29, 1.82) is 0 Å². The molecule has 0 aromatic heterocycles. The minimum Gasteiger partial charge on any atom is -0.492 e. The van der Waals surface area contributed by atoms with Crippen LogP contribution in [0.15, 0.2) is 24.3 Å². The van der Waals surface area contributed by atoms with Gasteiger partial charge in [0.05, 0.1) is 12.8 Å². The van der Waals surface area contributed by atoms with Crippen molar-refractivity contribution >= 4 is 15.9 Å². The Balaban J connectivity index is 1.78. The zero-order chi connectivity index (χ0) is 16.2. The smallest absolute Gasteiger partial charge is 0.238 e. The number of benzene rings is 1. The monoisotopic (exact) mass is 330 g/mol. The van der Waals surface area contributed by atoms with E-state index in [2.05, 4.69) is 5.32 Å². The number of halogens is 1. The lowest BCUT2D eigenvalue weighted by Crippen LogP contribution is -2.46. The van der Waals surface area contributed by atoms with E-state index < -0.39 is 21.9 Å². The second-order valence-electron chi connectivity index (χ2n) is 5.13. The van der Waals surface area contributed by atoms with E-state index in [4.69, 9.17) is 4.74 Å². The minimum atomic E-state index is -3.38. The molecule has 1 aromatic carbocycles. The molecular weight excluding hydrogens is 311 g/mol. The van der Waals surface area contributed by atoms with Crippen molar-refractivity contribution in [2.24, 2.45) is 0 Å². The summed E-state index contributed by atoms with van der Waals surface area (Å²) in [6.45, 7) is 0.779. The molecule has 1 atom stereocenters. The highest BCUT2D eigenvalue weighted by molar-refractivity contribution is 7.88. The number of nitrogens with one attached hydrogen (secondary N) is 1. The number of rotatable bonds is 6. The van der Waals surface area contributed by atoms with Crippen molar-refractivity contribution in [1.82, 2.24) is 9.62 Å². The van der Waals surface area contributed by atoms with Crippen LogP contribution >= 0.6 is 0 Å². The van der Waals surface area contributed by atoms with Crippen LogP contribution in [0.1, 0.15) is 12.8 Å². The van der Waals surface area contributed by atoms with Gasteiger partial charge in [0.2, 0.25) is 15.9 Å². The maximum atomic E-state index is 13.0. The Morgan fingerprint density at radius 2 is 2.27 bits per heavy atom. The zero-order valence-electron chi connectivity index (χ0n) is 12.3. The number of hydrogen-bond acceptors (Lipinski definition) is 4. The molecule has 1 aliphatic heterocycles. The molecule has 1 aromatic rings. The molecule has 1 amide bonds. The van der Waals surface area contributed by atoms with E-state index in [1.54, 1.807) is 6.07 Å². The van der Waals surface area contributed by atoms with Gasteiger partial charge in [0, 0.05) is 12.6 Å². The normalized spacial score (nSPS) is 19.1. The first-order valence-corrected chi connectivity index (χ1v) is 8.85. The number of ether oxygens (including phenoxy) is 1. The van der Waals surface area contributed by atoms with Gasteiger partial charge in [-0.3, -0.25) is 4.79 Å². The van der Waals surface area contributed by atoms with Gasteiger partial charge in [0.15, 0.2) is 0 Å². The highest BCUT2D eigenvalue weighted by atomic mass is 32.2. The summed E-state index contributed by atoms with van der Waals surface area (Å²) in [5.41, 5.74) is 0. The maximum absolute atomic E-state index is 13.0. The van der Waals surface area contributed by atoms with E-state index in [1.807, 2.05) is 0 Å². The standard InChI is InChI=1S/C14H19FN2O4S/c1-22(19,20)17-8-3-6-13(17)14(18)16-7-9-21-12-5-2-4-11(15)10-12/h2,4-5,10,13H,3,6-9H2,1H3,(H,16,18)/t13-/m1/s1. The number of carbonyl (C=O) groups is 1. The lowest BCUT2D eigenvalue weighted by molar-refractivity contribution is -0.124. The predicted molar refractivity (Wildman–Crippen MR) is 79.5 cm³/mol. The Morgan fingerprint density at radius 3 is 2.95 bits per heavy atom. The van der Waals surface area contributed by atoms with E-state index in [-0.39, 0.29) is 19.1 Å². The molecule has 6 nitrogen and oxygen atoms in total. The van der Waals surface area contributed by atoms with Gasteiger partial charge in [-0.2, -0.15) is 4.31 Å². The molecule has 1 fully saturated rings. The van der Waals surface area contributed by atoms with E-state index in [1.165, 1.54) is 22.5 Å². The summed E-state index contributed by atoms with van der Waals surface area (Å²) in [4.78, 5) is 12.0. The second kappa shape index (κ2) is 7.06. The third-order valence-corrected chi connectivity index (χ3v) is 4.69. The molecule has 0 saturated carbocycles. The molecule has 1 aliphatic rings. The van der Waals surface area contributed by atoms with Crippen LogP contribution in [-0.4, -0.2) is 50.6 Å². The first-order chi connectivity index (χ1) is 10.4. The molecule has 8 heteroatoms. The highest BCUT2D eigenvalue weighted by Crippen LogP contribution is 2.20. The lowest BCUT2D eigenvalue weighted by atomic mass is 10.2. The van der Waals surface area contributed by atoms with Crippen molar-refractivity contribution in [2.45, 2.75) is 18.9 Å². The zero-order valence-corrected chi connectivity index (χ0v) is 13.1. The van der Waals surface area contributed by atoms with E-state index in [0.29, 0.717) is 25.1 Å². The molecular formula is C14H19FN2O4S. The number of hydrogen-bond donors (Lipinski definition) is 1. The molecule has 0 aliphatic carbocycles. The quantitative estimate of drug-likeness (QED) is 0.781. The number of carbonyl (C=O) groups excluding carboxylic acids is 1. The SMILES string of the molecule is CS(=O)(=O)N1CCC[C@@H]1C(=O)NCCOc1cccc(F)c1. The maximum Gasteiger partial charge on any atom is 0.238 e. The van der Waals surface area contributed by atoms with Crippen molar-refractivity contribution in [3.05, 3.63) is 30.1 Å². The Labute approximate surface area is 129 Å². The van der Waals surface area contributed by atoms with Crippen LogP contribution in [-0.2, 0) is 14.8 Å². The lowest BCUT2D eigenvalue weighted by Gasteiger charge is -2.21. The highest BCUT2D eigenvalue weighted by Gasteiger charge is 2.36. The molecule has 0 unspecified atom stereocenters. The molecule has 1 heterocycles. The third-order valence-electron chi connectivity index (χ3n) is 3.40. The van der Waals surface area contributed by atoms with Crippen LogP contribution in [0.25, 0.3) is 0 Å². The molecule has 2 rings (SSSR count). The minimum absolute atomic E-state index is 0.181. The summed E-state index contributed by atoms with van der Waals surface area (Å²) in [7, 11) is -3.38. The summed E-state index contributed by atoms with van der Waals surface area (Å²) in [6, 6.07) is 5.07. The Hall–Kier alpha value is -1.67. The van der Waals surface area contributed by atoms with Crippen LogP contribution in [0.3, 0.4) is 0 Å². The first kappa shape index (κ1) is 16.7. The Morgan fingerprint density at radius 1 is 1.50 bits per heavy atom. The van der Waals surface area contributed by atoms with Gasteiger partial charge >= 0.3 is 0 Å². The van der Waals surface area contributed by atoms with E-state index in [0.717, 1.165) is 6.26 Å². The topological polar surface area (TPSA) is 75.7 Å². The summed E-state index contributed by atoms with van der Waals surface area (Å²) in [6.07, 6.45) is 2.29. The fraction of sp³-hybridized carbons (Fsp3) is 0.500. The average molecular weight is 330 g/mol. The fourth-order valence-corrected chi connectivity index (χ4v) is 3.54. The Kier molecular flexibility index (Phi) is 5.36. The van der Waals surface area contributed by atoms with Gasteiger partial charge in [-0.25, -0.2) is 12.8 Å². The Bertz CT molecular complexity index is 635. The third kappa shape index (κ3) is 4.41. The summed E-state index contributed by atoms with van der Waals surface area (Å²) in [5, 5.41) is 2.65. The molecule has 0 spiro atoms. The summed E-state index contributed by atoms with van der Waals surface area (Å²) >= 11 is 0. The van der Waals surface area contributed by atoms with Crippen LogP contribution in [0.2, 0.25) is 0 Å². The first-order valence-electron chi connectivity index (χ1n) is 7.01. The average Bonchev–Trinajstić information content (AvgIpc) is 2.93. The van der Waals surface area contributed by atoms with Crippen LogP contribution in [0.5, 0.6) is 5.75 Å². The van der Waals surface area contributed by atoms with Gasteiger partial charge in [0.25, 0.3) is 0 Å². The fourth-order valence-electron chi connectivity index (χ4n) is 2.42. The van der Waals surface area contributed by atoms with Gasteiger partial charge in [0.1, 0.15) is 24.2 Å². The van der Waals surface area contributed by atoms with Crippen LogP contribution in [0.4, 0.5) is 4.39 Å². The second-order valence-corrected chi connectivity index (χ2v) is 7.06. The molecule has 122 valence electrons. The predicted octanol–water partition coefficient (Wildman–Crippen LogP) is 0.745. The largest absolute Gasteiger partial charge is 0.492 e. The van der Waals surface area contributed by atoms with Crippen LogP contribution in [0, 0.1) is 5.82 Å². The van der Waals surface area contributed by atoms with Crippen molar-refractivity contribution in [3.63, 3.8) is 0 Å². The molecule has 1 N–H and O–H groups in total.